The molecule has 1 fully saturated rings. The number of amides is 3. The Hall–Kier alpha value is -2.96. The summed E-state index contributed by atoms with van der Waals surface area (Å²) in [7, 11) is 0. The second-order valence-electron chi connectivity index (χ2n) is 7.00. The third-order valence-corrected chi connectivity index (χ3v) is 5.00. The Morgan fingerprint density at radius 1 is 1.07 bits per heavy atom. The molecule has 7 nitrogen and oxygen atoms in total. The second-order valence-corrected chi connectivity index (χ2v) is 7.00. The van der Waals surface area contributed by atoms with Gasteiger partial charge in [-0.2, -0.15) is 0 Å². The molecule has 0 radical (unpaired) electrons. The van der Waals surface area contributed by atoms with E-state index < -0.39 is 5.97 Å². The zero-order valence-electron chi connectivity index (χ0n) is 15.8. The van der Waals surface area contributed by atoms with Gasteiger partial charge in [0.05, 0.1) is 24.0 Å². The summed E-state index contributed by atoms with van der Waals surface area (Å²) in [6.45, 7) is 2.36. The summed E-state index contributed by atoms with van der Waals surface area (Å²) < 4.78 is 5.05. The standard InChI is InChI=1S/C21H24N2O5/c1-2-13-28-21(27)14-7-9-15(10-8-14)22-18(24)11-12-23-19(25)16-5-3-4-6-17(16)20(23)26/h3-4,7-10,16-17H,2,5-6,11-13H2,1H3,(H,22,24). The fourth-order valence-corrected chi connectivity index (χ4v) is 3.49. The van der Waals surface area contributed by atoms with Crippen molar-refractivity contribution in [1.82, 2.24) is 4.90 Å². The smallest absolute Gasteiger partial charge is 0.338 e. The SMILES string of the molecule is CCCOC(=O)c1ccc(NC(=O)CCN2C(=O)C3CC=CCC3C2=O)cc1. The van der Waals surface area contributed by atoms with Crippen molar-refractivity contribution in [1.29, 1.82) is 0 Å². The second kappa shape index (κ2) is 8.82. The zero-order valence-corrected chi connectivity index (χ0v) is 15.8. The molecule has 0 aromatic heterocycles. The number of likely N-dealkylation sites (tertiary alicyclic amines) is 1. The first-order valence-corrected chi connectivity index (χ1v) is 9.58. The van der Waals surface area contributed by atoms with Gasteiger partial charge < -0.3 is 10.1 Å². The number of allylic oxidation sites excluding steroid dienone is 2. The average molecular weight is 384 g/mol. The number of anilines is 1. The summed E-state index contributed by atoms with van der Waals surface area (Å²) in [6, 6.07) is 6.40. The van der Waals surface area contributed by atoms with E-state index in [1.165, 1.54) is 4.90 Å². The molecule has 28 heavy (non-hydrogen) atoms. The summed E-state index contributed by atoms with van der Waals surface area (Å²) >= 11 is 0. The van der Waals surface area contributed by atoms with Gasteiger partial charge in [-0.15, -0.1) is 0 Å². The maximum Gasteiger partial charge on any atom is 0.338 e. The lowest BCUT2D eigenvalue weighted by atomic mass is 9.85. The van der Waals surface area contributed by atoms with E-state index in [4.69, 9.17) is 4.74 Å². The monoisotopic (exact) mass is 384 g/mol. The van der Waals surface area contributed by atoms with Gasteiger partial charge in [0.2, 0.25) is 17.7 Å². The lowest BCUT2D eigenvalue weighted by Gasteiger charge is -2.14. The van der Waals surface area contributed by atoms with Crippen LogP contribution in [0.5, 0.6) is 0 Å². The van der Waals surface area contributed by atoms with Crippen LogP contribution in [0.4, 0.5) is 5.69 Å². The van der Waals surface area contributed by atoms with Crippen molar-refractivity contribution < 1.29 is 23.9 Å². The van der Waals surface area contributed by atoms with Gasteiger partial charge in [-0.25, -0.2) is 4.79 Å². The van der Waals surface area contributed by atoms with Crippen molar-refractivity contribution in [3.8, 4) is 0 Å². The van der Waals surface area contributed by atoms with Gasteiger partial charge in [0.15, 0.2) is 0 Å². The number of imide groups is 1. The molecule has 1 aliphatic carbocycles. The summed E-state index contributed by atoms with van der Waals surface area (Å²) in [6.07, 6.45) is 5.83. The van der Waals surface area contributed by atoms with E-state index in [2.05, 4.69) is 5.32 Å². The van der Waals surface area contributed by atoms with E-state index in [1.54, 1.807) is 24.3 Å². The van der Waals surface area contributed by atoms with Crippen LogP contribution in [0.25, 0.3) is 0 Å². The van der Waals surface area contributed by atoms with Gasteiger partial charge in [0.25, 0.3) is 0 Å². The van der Waals surface area contributed by atoms with Gasteiger partial charge in [-0.1, -0.05) is 19.1 Å². The van der Waals surface area contributed by atoms with Gasteiger partial charge in [0.1, 0.15) is 0 Å². The highest BCUT2D eigenvalue weighted by atomic mass is 16.5. The fourth-order valence-electron chi connectivity index (χ4n) is 3.49. The molecule has 148 valence electrons. The van der Waals surface area contributed by atoms with Crippen LogP contribution < -0.4 is 5.32 Å². The quantitative estimate of drug-likeness (QED) is 0.443. The third-order valence-electron chi connectivity index (χ3n) is 5.00. The van der Waals surface area contributed by atoms with Gasteiger partial charge >= 0.3 is 5.97 Å². The number of esters is 1. The molecule has 7 heteroatoms. The maximum atomic E-state index is 12.4. The van der Waals surface area contributed by atoms with Crippen LogP contribution in [-0.4, -0.2) is 41.7 Å². The molecule has 1 aromatic carbocycles. The molecule has 2 atom stereocenters. The van der Waals surface area contributed by atoms with E-state index in [9.17, 15) is 19.2 Å². The molecule has 3 amide bonds. The highest BCUT2D eigenvalue weighted by molar-refractivity contribution is 6.05. The minimum atomic E-state index is -0.401. The zero-order chi connectivity index (χ0) is 20.1. The topological polar surface area (TPSA) is 92.8 Å². The molecular weight excluding hydrogens is 360 g/mol. The molecule has 1 saturated heterocycles. The third kappa shape index (κ3) is 4.30. The van der Waals surface area contributed by atoms with E-state index in [0.29, 0.717) is 30.7 Å². The molecule has 1 heterocycles. The van der Waals surface area contributed by atoms with E-state index in [-0.39, 0.29) is 42.5 Å². The molecule has 1 aromatic rings. The van der Waals surface area contributed by atoms with Crippen molar-refractivity contribution in [2.45, 2.75) is 32.6 Å². The lowest BCUT2D eigenvalue weighted by Crippen LogP contribution is -2.34. The Morgan fingerprint density at radius 2 is 1.68 bits per heavy atom. The minimum Gasteiger partial charge on any atom is -0.462 e. The molecule has 1 aliphatic heterocycles. The van der Waals surface area contributed by atoms with Gasteiger partial charge in [-0.3, -0.25) is 19.3 Å². The summed E-state index contributed by atoms with van der Waals surface area (Å²) in [5, 5.41) is 2.71. The number of carbonyl (C=O) groups excluding carboxylic acids is 4. The molecule has 3 rings (SSSR count). The van der Waals surface area contributed by atoms with Crippen LogP contribution in [0.3, 0.4) is 0 Å². The molecule has 0 spiro atoms. The van der Waals surface area contributed by atoms with Crippen LogP contribution >= 0.6 is 0 Å². The van der Waals surface area contributed by atoms with E-state index in [1.807, 2.05) is 19.1 Å². The average Bonchev–Trinajstić information content (AvgIpc) is 2.95. The van der Waals surface area contributed by atoms with Crippen LogP contribution in [0, 0.1) is 11.8 Å². The van der Waals surface area contributed by atoms with Crippen LogP contribution in [-0.2, 0) is 19.1 Å². The highest BCUT2D eigenvalue weighted by Crippen LogP contribution is 2.35. The van der Waals surface area contributed by atoms with Crippen molar-refractivity contribution in [2.24, 2.45) is 11.8 Å². The number of rotatable bonds is 7. The Labute approximate surface area is 163 Å². The van der Waals surface area contributed by atoms with Crippen molar-refractivity contribution in [2.75, 3.05) is 18.5 Å². The van der Waals surface area contributed by atoms with Crippen molar-refractivity contribution in [3.63, 3.8) is 0 Å². The molecule has 1 N–H and O–H groups in total. The maximum absolute atomic E-state index is 12.4. The number of carbonyl (C=O) groups is 4. The minimum absolute atomic E-state index is 0.0324. The van der Waals surface area contributed by atoms with Crippen LogP contribution in [0.15, 0.2) is 36.4 Å². The number of nitrogens with zero attached hydrogens (tertiary/aromatic N) is 1. The number of benzene rings is 1. The predicted molar refractivity (Wildman–Crippen MR) is 102 cm³/mol. The molecular formula is C21H24N2O5. The first-order valence-electron chi connectivity index (χ1n) is 9.58. The van der Waals surface area contributed by atoms with Crippen molar-refractivity contribution in [3.05, 3.63) is 42.0 Å². The number of hydrogen-bond acceptors (Lipinski definition) is 5. The van der Waals surface area contributed by atoms with Crippen LogP contribution in [0.2, 0.25) is 0 Å². The number of nitrogens with one attached hydrogen (secondary N) is 1. The Balaban J connectivity index is 1.50. The predicted octanol–water partition coefficient (Wildman–Crippen LogP) is 2.53. The summed E-state index contributed by atoms with van der Waals surface area (Å²) in [5.41, 5.74) is 0.949. The van der Waals surface area contributed by atoms with Gasteiger partial charge in [0, 0.05) is 18.7 Å². The summed E-state index contributed by atoms with van der Waals surface area (Å²) in [4.78, 5) is 50.0. The fraction of sp³-hybridized carbons (Fsp3) is 0.429. The highest BCUT2D eigenvalue weighted by Gasteiger charge is 2.46. The van der Waals surface area contributed by atoms with Crippen LogP contribution in [0.1, 0.15) is 43.0 Å². The first kappa shape index (κ1) is 19.8. The van der Waals surface area contributed by atoms with E-state index >= 15 is 0 Å². The summed E-state index contributed by atoms with van der Waals surface area (Å²) in [5.74, 6) is -1.61. The number of fused-ring (bicyclic) bond motifs is 1. The Kier molecular flexibility index (Phi) is 6.23. The number of ether oxygens (including phenoxy) is 1. The van der Waals surface area contributed by atoms with Gasteiger partial charge in [-0.05, 0) is 43.5 Å². The molecule has 0 saturated carbocycles. The number of hydrogen-bond donors (Lipinski definition) is 1. The largest absolute Gasteiger partial charge is 0.462 e. The lowest BCUT2D eigenvalue weighted by molar-refractivity contribution is -0.140. The molecule has 2 aliphatic rings. The van der Waals surface area contributed by atoms with Crippen molar-refractivity contribution >= 4 is 29.4 Å². The Bertz CT molecular complexity index is 774. The normalized spacial score (nSPS) is 20.8. The molecule has 0 bridgehead atoms. The Morgan fingerprint density at radius 3 is 2.25 bits per heavy atom. The van der Waals surface area contributed by atoms with E-state index in [0.717, 1.165) is 6.42 Å². The first-order chi connectivity index (χ1) is 13.5. The molecule has 2 unspecified atom stereocenters.